The minimum Gasteiger partial charge on any atom is -0.497 e. The van der Waals surface area contributed by atoms with Crippen molar-refractivity contribution < 1.29 is 9.53 Å². The molecule has 0 saturated heterocycles. The molecule has 2 heteroatoms. The lowest BCUT2D eigenvalue weighted by atomic mass is 10.1. The van der Waals surface area contributed by atoms with E-state index in [9.17, 15) is 4.79 Å². The molecule has 0 aliphatic rings. The van der Waals surface area contributed by atoms with Crippen molar-refractivity contribution in [1.82, 2.24) is 0 Å². The zero-order valence-corrected chi connectivity index (χ0v) is 12.2. The van der Waals surface area contributed by atoms with Gasteiger partial charge in [0.15, 0.2) is 5.78 Å². The van der Waals surface area contributed by atoms with Crippen molar-refractivity contribution in [2.24, 2.45) is 0 Å². The van der Waals surface area contributed by atoms with Crippen LogP contribution in [0, 0.1) is 6.92 Å². The number of ketones is 1. The average Bonchev–Trinajstić information content (AvgIpc) is 2.53. The van der Waals surface area contributed by atoms with E-state index in [0.29, 0.717) is 0 Å². The second kappa shape index (κ2) is 7.25. The van der Waals surface area contributed by atoms with Crippen molar-refractivity contribution in [2.75, 3.05) is 7.11 Å². The van der Waals surface area contributed by atoms with Gasteiger partial charge in [-0.3, -0.25) is 4.79 Å². The molecule has 0 unspecified atom stereocenters. The van der Waals surface area contributed by atoms with Crippen molar-refractivity contribution in [3.8, 4) is 5.75 Å². The number of benzene rings is 2. The minimum absolute atomic E-state index is 0.0357. The van der Waals surface area contributed by atoms with Gasteiger partial charge in [-0.1, -0.05) is 54.1 Å². The summed E-state index contributed by atoms with van der Waals surface area (Å²) in [6.07, 6.45) is 6.75. The number of carbonyl (C=O) groups excluding carboxylic acids is 1. The summed E-state index contributed by atoms with van der Waals surface area (Å²) in [6.45, 7) is 2.04. The van der Waals surface area contributed by atoms with E-state index in [1.807, 2.05) is 61.5 Å². The molecule has 0 aliphatic heterocycles. The van der Waals surface area contributed by atoms with E-state index in [4.69, 9.17) is 4.74 Å². The fourth-order valence-corrected chi connectivity index (χ4v) is 1.80. The normalized spacial score (nSPS) is 11.1. The molecule has 0 heterocycles. The highest BCUT2D eigenvalue weighted by atomic mass is 16.5. The molecule has 0 atom stereocenters. The van der Waals surface area contributed by atoms with Crippen LogP contribution in [0.5, 0.6) is 5.75 Å². The van der Waals surface area contributed by atoms with Crippen LogP contribution >= 0.6 is 0 Å². The summed E-state index contributed by atoms with van der Waals surface area (Å²) in [5, 5.41) is 0. The van der Waals surface area contributed by atoms with Crippen LogP contribution in [0.2, 0.25) is 0 Å². The smallest absolute Gasteiger partial charge is 0.178 e. The molecule has 2 aromatic rings. The first-order valence-corrected chi connectivity index (χ1v) is 6.78. The topological polar surface area (TPSA) is 26.3 Å². The first-order chi connectivity index (χ1) is 10.2. The van der Waals surface area contributed by atoms with Gasteiger partial charge in [-0.05, 0) is 42.3 Å². The second-order valence-corrected chi connectivity index (χ2v) is 4.75. The highest BCUT2D eigenvalue weighted by molar-refractivity contribution is 6.04. The van der Waals surface area contributed by atoms with Crippen LogP contribution in [0.1, 0.15) is 16.7 Å². The van der Waals surface area contributed by atoms with Crippen LogP contribution in [0.3, 0.4) is 0 Å². The molecule has 0 fully saturated rings. The highest BCUT2D eigenvalue weighted by Gasteiger charge is 1.93. The van der Waals surface area contributed by atoms with Gasteiger partial charge in [0.25, 0.3) is 0 Å². The van der Waals surface area contributed by atoms with Gasteiger partial charge in [0, 0.05) is 0 Å². The first kappa shape index (κ1) is 14.8. The van der Waals surface area contributed by atoms with Crippen molar-refractivity contribution in [3.63, 3.8) is 0 Å². The predicted octanol–water partition coefficient (Wildman–Crippen LogP) is 4.30. The number of allylic oxidation sites excluding steroid dienone is 2. The minimum atomic E-state index is -0.0357. The van der Waals surface area contributed by atoms with Gasteiger partial charge in [-0.2, -0.15) is 0 Å². The fourth-order valence-electron chi connectivity index (χ4n) is 1.80. The zero-order chi connectivity index (χ0) is 15.1. The molecule has 0 amide bonds. The van der Waals surface area contributed by atoms with E-state index in [2.05, 4.69) is 0 Å². The molecule has 106 valence electrons. The molecule has 21 heavy (non-hydrogen) atoms. The summed E-state index contributed by atoms with van der Waals surface area (Å²) >= 11 is 0. The molecule has 0 aliphatic carbocycles. The molecule has 2 aromatic carbocycles. The Morgan fingerprint density at radius 1 is 0.857 bits per heavy atom. The predicted molar refractivity (Wildman–Crippen MR) is 87.2 cm³/mol. The number of aryl methyl sites for hydroxylation is 1. The number of methoxy groups -OCH3 is 1. The standard InChI is InChI=1S/C19H18O2/c1-15-3-5-16(6-4-15)7-11-18(20)12-8-17-9-13-19(21-2)14-10-17/h3-14H,1-2H3. The quantitative estimate of drug-likeness (QED) is 0.762. The number of ether oxygens (including phenoxy) is 1. The molecule has 0 radical (unpaired) electrons. The van der Waals surface area contributed by atoms with Crippen molar-refractivity contribution in [3.05, 3.63) is 77.4 Å². The van der Waals surface area contributed by atoms with Gasteiger partial charge in [-0.25, -0.2) is 0 Å². The van der Waals surface area contributed by atoms with Gasteiger partial charge < -0.3 is 4.74 Å². The lowest BCUT2D eigenvalue weighted by Crippen LogP contribution is -1.85. The number of rotatable bonds is 5. The number of hydrogen-bond acceptors (Lipinski definition) is 2. The monoisotopic (exact) mass is 278 g/mol. The van der Waals surface area contributed by atoms with Crippen LogP contribution < -0.4 is 4.74 Å². The fraction of sp³-hybridized carbons (Fsp3) is 0.105. The zero-order valence-electron chi connectivity index (χ0n) is 12.2. The van der Waals surface area contributed by atoms with Crippen LogP contribution in [0.4, 0.5) is 0 Å². The van der Waals surface area contributed by atoms with E-state index in [1.165, 1.54) is 5.56 Å². The Morgan fingerprint density at radius 3 is 1.81 bits per heavy atom. The van der Waals surface area contributed by atoms with E-state index >= 15 is 0 Å². The maximum atomic E-state index is 11.8. The molecule has 0 spiro atoms. The molecule has 0 bridgehead atoms. The van der Waals surface area contributed by atoms with Gasteiger partial charge in [-0.15, -0.1) is 0 Å². The van der Waals surface area contributed by atoms with E-state index in [-0.39, 0.29) is 5.78 Å². The highest BCUT2D eigenvalue weighted by Crippen LogP contribution is 2.12. The Hall–Kier alpha value is -2.61. The molecule has 0 saturated carbocycles. The SMILES string of the molecule is COc1ccc(C=CC(=O)C=Cc2ccc(C)cc2)cc1. The second-order valence-electron chi connectivity index (χ2n) is 4.75. The Kier molecular flexibility index (Phi) is 5.10. The maximum Gasteiger partial charge on any atom is 0.178 e. The average molecular weight is 278 g/mol. The third-order valence-corrected chi connectivity index (χ3v) is 3.07. The molecule has 0 aromatic heterocycles. The maximum absolute atomic E-state index is 11.8. The van der Waals surface area contributed by atoms with Crippen LogP contribution in [-0.2, 0) is 4.79 Å². The summed E-state index contributed by atoms with van der Waals surface area (Å²) < 4.78 is 5.09. The first-order valence-electron chi connectivity index (χ1n) is 6.78. The van der Waals surface area contributed by atoms with Crippen LogP contribution in [-0.4, -0.2) is 12.9 Å². The summed E-state index contributed by atoms with van der Waals surface area (Å²) in [6, 6.07) is 15.6. The third-order valence-electron chi connectivity index (χ3n) is 3.07. The van der Waals surface area contributed by atoms with Gasteiger partial charge in [0.2, 0.25) is 0 Å². The van der Waals surface area contributed by atoms with Crippen molar-refractivity contribution >= 4 is 17.9 Å². The van der Waals surface area contributed by atoms with E-state index in [0.717, 1.165) is 16.9 Å². The number of hydrogen-bond donors (Lipinski definition) is 0. The number of carbonyl (C=O) groups is 1. The summed E-state index contributed by atoms with van der Waals surface area (Å²) in [4.78, 5) is 11.8. The molecular weight excluding hydrogens is 260 g/mol. The molecule has 2 nitrogen and oxygen atoms in total. The van der Waals surface area contributed by atoms with E-state index in [1.54, 1.807) is 25.3 Å². The summed E-state index contributed by atoms with van der Waals surface area (Å²) in [5.41, 5.74) is 3.19. The molecule has 0 N–H and O–H groups in total. The van der Waals surface area contributed by atoms with Gasteiger partial charge in [0.05, 0.1) is 7.11 Å². The third kappa shape index (κ3) is 4.77. The van der Waals surface area contributed by atoms with Gasteiger partial charge >= 0.3 is 0 Å². The summed E-state index contributed by atoms with van der Waals surface area (Å²) in [5.74, 6) is 0.768. The van der Waals surface area contributed by atoms with Gasteiger partial charge in [0.1, 0.15) is 5.75 Å². The Bertz CT molecular complexity index is 647. The van der Waals surface area contributed by atoms with Crippen LogP contribution in [0.25, 0.3) is 12.2 Å². The lowest BCUT2D eigenvalue weighted by molar-refractivity contribution is -0.110. The van der Waals surface area contributed by atoms with E-state index < -0.39 is 0 Å². The Balaban J connectivity index is 1.96. The van der Waals surface area contributed by atoms with Crippen molar-refractivity contribution in [2.45, 2.75) is 6.92 Å². The lowest BCUT2D eigenvalue weighted by Gasteiger charge is -1.98. The van der Waals surface area contributed by atoms with Crippen LogP contribution in [0.15, 0.2) is 60.7 Å². The van der Waals surface area contributed by atoms with Crippen molar-refractivity contribution in [1.29, 1.82) is 0 Å². The Labute approximate surface area is 125 Å². The summed E-state index contributed by atoms with van der Waals surface area (Å²) in [7, 11) is 1.63. The largest absolute Gasteiger partial charge is 0.497 e. The molecular formula is C19H18O2. The molecule has 2 rings (SSSR count). The Morgan fingerprint density at radius 2 is 1.33 bits per heavy atom.